The van der Waals surface area contributed by atoms with Gasteiger partial charge < -0.3 is 15.5 Å². The van der Waals surface area contributed by atoms with Gasteiger partial charge in [-0.25, -0.2) is 4.98 Å². The van der Waals surface area contributed by atoms with Crippen LogP contribution in [0.1, 0.15) is 19.8 Å². The summed E-state index contributed by atoms with van der Waals surface area (Å²) >= 11 is 0. The zero-order valence-electron chi connectivity index (χ0n) is 11.9. The molecular weight excluding hydrogens is 258 g/mol. The standard InChI is InChI=1S/C13H21N5O2/c1-3-7-14-12-5-4-11(18(19)20)13(16-12)15-10-6-8-17(2)9-10/h4-5,10H,3,6-9H2,1-2H3,(H2,14,15,16). The van der Waals surface area contributed by atoms with E-state index in [1.54, 1.807) is 6.07 Å². The molecular formula is C13H21N5O2. The fourth-order valence-corrected chi connectivity index (χ4v) is 2.30. The molecule has 0 bridgehead atoms. The third-order valence-corrected chi connectivity index (χ3v) is 3.36. The maximum absolute atomic E-state index is 11.1. The number of rotatable bonds is 6. The lowest BCUT2D eigenvalue weighted by atomic mass is 10.2. The van der Waals surface area contributed by atoms with Crippen molar-refractivity contribution in [2.45, 2.75) is 25.8 Å². The van der Waals surface area contributed by atoms with E-state index in [1.807, 2.05) is 7.05 Å². The highest BCUT2D eigenvalue weighted by Crippen LogP contribution is 2.26. The highest BCUT2D eigenvalue weighted by atomic mass is 16.6. The molecule has 2 heterocycles. The molecule has 2 rings (SSSR count). The molecule has 0 amide bonds. The summed E-state index contributed by atoms with van der Waals surface area (Å²) in [5.74, 6) is 1.03. The Hall–Kier alpha value is -1.89. The second-order valence-corrected chi connectivity index (χ2v) is 5.14. The number of aromatic nitrogens is 1. The smallest absolute Gasteiger partial charge is 0.311 e. The largest absolute Gasteiger partial charge is 0.370 e. The molecule has 1 atom stereocenters. The monoisotopic (exact) mass is 279 g/mol. The molecule has 1 unspecified atom stereocenters. The van der Waals surface area contributed by atoms with Crippen molar-refractivity contribution in [2.24, 2.45) is 0 Å². The van der Waals surface area contributed by atoms with Crippen LogP contribution >= 0.6 is 0 Å². The van der Waals surface area contributed by atoms with Crippen LogP contribution in [0.15, 0.2) is 12.1 Å². The zero-order chi connectivity index (χ0) is 14.5. The average Bonchev–Trinajstić information content (AvgIpc) is 2.81. The highest BCUT2D eigenvalue weighted by Gasteiger charge is 2.23. The van der Waals surface area contributed by atoms with E-state index in [-0.39, 0.29) is 11.7 Å². The molecule has 1 fully saturated rings. The average molecular weight is 279 g/mol. The van der Waals surface area contributed by atoms with Gasteiger partial charge in [0.25, 0.3) is 0 Å². The first-order valence-corrected chi connectivity index (χ1v) is 6.94. The lowest BCUT2D eigenvalue weighted by Gasteiger charge is -2.14. The summed E-state index contributed by atoms with van der Waals surface area (Å²) in [6, 6.07) is 3.37. The topological polar surface area (TPSA) is 83.3 Å². The molecule has 0 saturated carbocycles. The molecule has 1 saturated heterocycles. The van der Waals surface area contributed by atoms with Gasteiger partial charge in [-0.2, -0.15) is 0 Å². The van der Waals surface area contributed by atoms with Gasteiger partial charge in [-0.1, -0.05) is 6.92 Å². The number of nitrogens with one attached hydrogen (secondary N) is 2. The fraction of sp³-hybridized carbons (Fsp3) is 0.615. The third-order valence-electron chi connectivity index (χ3n) is 3.36. The molecule has 0 aliphatic carbocycles. The minimum absolute atomic E-state index is 0.0293. The van der Waals surface area contributed by atoms with Gasteiger partial charge in [-0.15, -0.1) is 0 Å². The van der Waals surface area contributed by atoms with Crippen LogP contribution < -0.4 is 10.6 Å². The number of likely N-dealkylation sites (tertiary alicyclic amines) is 1. The Labute approximate surface area is 118 Å². The highest BCUT2D eigenvalue weighted by molar-refractivity contribution is 5.60. The molecule has 1 aromatic heterocycles. The van der Waals surface area contributed by atoms with E-state index in [4.69, 9.17) is 0 Å². The van der Waals surface area contributed by atoms with Crippen LogP contribution in [0.4, 0.5) is 17.3 Å². The maximum atomic E-state index is 11.1. The molecule has 1 aliphatic rings. The van der Waals surface area contributed by atoms with Crippen molar-refractivity contribution in [3.8, 4) is 0 Å². The zero-order valence-corrected chi connectivity index (χ0v) is 11.9. The number of hydrogen-bond donors (Lipinski definition) is 2. The normalized spacial score (nSPS) is 19.0. The van der Waals surface area contributed by atoms with Gasteiger partial charge in [0, 0.05) is 25.2 Å². The minimum atomic E-state index is -0.391. The molecule has 0 aromatic carbocycles. The fourth-order valence-electron chi connectivity index (χ4n) is 2.30. The Bertz CT molecular complexity index is 480. The number of nitro groups is 1. The molecule has 110 valence electrons. The van der Waals surface area contributed by atoms with Gasteiger partial charge in [0.1, 0.15) is 5.82 Å². The Morgan fingerprint density at radius 3 is 2.95 bits per heavy atom. The van der Waals surface area contributed by atoms with E-state index in [0.717, 1.165) is 32.5 Å². The van der Waals surface area contributed by atoms with Crippen molar-refractivity contribution in [2.75, 3.05) is 37.3 Å². The van der Waals surface area contributed by atoms with Gasteiger partial charge in [0.15, 0.2) is 0 Å². The van der Waals surface area contributed by atoms with Gasteiger partial charge in [-0.05, 0) is 32.5 Å². The maximum Gasteiger partial charge on any atom is 0.311 e. The number of anilines is 2. The number of nitrogens with zero attached hydrogens (tertiary/aromatic N) is 3. The Morgan fingerprint density at radius 2 is 2.35 bits per heavy atom. The number of pyridine rings is 1. The van der Waals surface area contributed by atoms with Crippen molar-refractivity contribution in [3.05, 3.63) is 22.2 Å². The number of hydrogen-bond acceptors (Lipinski definition) is 6. The number of likely N-dealkylation sites (N-methyl/N-ethyl adjacent to an activating group) is 1. The Morgan fingerprint density at radius 1 is 1.55 bits per heavy atom. The molecule has 7 nitrogen and oxygen atoms in total. The second kappa shape index (κ2) is 6.51. The second-order valence-electron chi connectivity index (χ2n) is 5.14. The summed E-state index contributed by atoms with van der Waals surface area (Å²) in [6.45, 7) is 4.74. The van der Waals surface area contributed by atoms with E-state index in [2.05, 4.69) is 27.4 Å². The van der Waals surface area contributed by atoms with Crippen molar-refractivity contribution >= 4 is 17.3 Å². The first kappa shape index (κ1) is 14.5. The summed E-state index contributed by atoms with van der Waals surface area (Å²) in [7, 11) is 2.04. The van der Waals surface area contributed by atoms with Crippen LogP contribution in [-0.4, -0.2) is 47.5 Å². The van der Waals surface area contributed by atoms with E-state index in [1.165, 1.54) is 6.07 Å². The first-order valence-electron chi connectivity index (χ1n) is 6.94. The molecule has 0 spiro atoms. The van der Waals surface area contributed by atoms with Gasteiger partial charge in [-0.3, -0.25) is 10.1 Å². The summed E-state index contributed by atoms with van der Waals surface area (Å²) in [6.07, 6.45) is 1.96. The van der Waals surface area contributed by atoms with Crippen molar-refractivity contribution in [1.29, 1.82) is 0 Å². The van der Waals surface area contributed by atoms with E-state index in [0.29, 0.717) is 11.6 Å². The van der Waals surface area contributed by atoms with Crippen LogP contribution in [0.25, 0.3) is 0 Å². The Kier molecular flexibility index (Phi) is 4.73. The van der Waals surface area contributed by atoms with Crippen molar-refractivity contribution < 1.29 is 4.92 Å². The quantitative estimate of drug-likeness (QED) is 0.611. The van der Waals surface area contributed by atoms with Crippen LogP contribution in [0.3, 0.4) is 0 Å². The Balaban J connectivity index is 2.15. The molecule has 2 N–H and O–H groups in total. The van der Waals surface area contributed by atoms with Crippen molar-refractivity contribution in [1.82, 2.24) is 9.88 Å². The minimum Gasteiger partial charge on any atom is -0.370 e. The summed E-state index contributed by atoms with van der Waals surface area (Å²) in [5.41, 5.74) is 0.0293. The molecule has 1 aromatic rings. The summed E-state index contributed by atoms with van der Waals surface area (Å²) in [4.78, 5) is 17.2. The van der Waals surface area contributed by atoms with Crippen LogP contribution in [0.5, 0.6) is 0 Å². The summed E-state index contributed by atoms with van der Waals surface area (Å²) < 4.78 is 0. The van der Waals surface area contributed by atoms with Gasteiger partial charge in [0.05, 0.1) is 4.92 Å². The predicted molar refractivity (Wildman–Crippen MR) is 79.2 cm³/mol. The van der Waals surface area contributed by atoms with Gasteiger partial charge in [0.2, 0.25) is 5.82 Å². The van der Waals surface area contributed by atoms with E-state index < -0.39 is 4.92 Å². The third kappa shape index (κ3) is 3.57. The first-order chi connectivity index (χ1) is 9.60. The molecule has 1 aliphatic heterocycles. The van der Waals surface area contributed by atoms with Gasteiger partial charge >= 0.3 is 5.69 Å². The van der Waals surface area contributed by atoms with Crippen LogP contribution in [0, 0.1) is 10.1 Å². The van der Waals surface area contributed by atoms with E-state index in [9.17, 15) is 10.1 Å². The van der Waals surface area contributed by atoms with E-state index >= 15 is 0 Å². The molecule has 20 heavy (non-hydrogen) atoms. The lowest BCUT2D eigenvalue weighted by molar-refractivity contribution is -0.384. The van der Waals surface area contributed by atoms with Crippen LogP contribution in [0.2, 0.25) is 0 Å². The summed E-state index contributed by atoms with van der Waals surface area (Å²) in [5, 5.41) is 17.4. The predicted octanol–water partition coefficient (Wildman–Crippen LogP) is 1.93. The molecule has 0 radical (unpaired) electrons. The molecule has 7 heteroatoms. The van der Waals surface area contributed by atoms with Crippen LogP contribution in [-0.2, 0) is 0 Å². The SMILES string of the molecule is CCCNc1ccc([N+](=O)[O-])c(NC2CCN(C)C2)n1. The van der Waals surface area contributed by atoms with Crippen molar-refractivity contribution in [3.63, 3.8) is 0 Å². The lowest BCUT2D eigenvalue weighted by Crippen LogP contribution is -2.24.